The number of hydrogen-bond acceptors (Lipinski definition) is 3. The molecule has 2 saturated heterocycles. The minimum Gasteiger partial charge on any atom is -0.381 e. The quantitative estimate of drug-likeness (QED) is 0.917. The summed E-state index contributed by atoms with van der Waals surface area (Å²) in [6.07, 6.45) is 3.13. The molecule has 0 saturated carbocycles. The second-order valence-electron chi connectivity index (χ2n) is 7.35. The summed E-state index contributed by atoms with van der Waals surface area (Å²) >= 11 is 0. The fourth-order valence-electron chi connectivity index (χ4n) is 3.86. The van der Waals surface area contributed by atoms with Gasteiger partial charge in [-0.25, -0.2) is 0 Å². The Kier molecular flexibility index (Phi) is 5.74. The van der Waals surface area contributed by atoms with Crippen molar-refractivity contribution in [1.29, 1.82) is 0 Å². The van der Waals surface area contributed by atoms with Gasteiger partial charge in [0, 0.05) is 43.8 Å². The monoisotopic (exact) mass is 344 g/mol. The number of hydrogen-bond donors (Lipinski definition) is 1. The van der Waals surface area contributed by atoms with Crippen LogP contribution in [-0.2, 0) is 14.3 Å². The van der Waals surface area contributed by atoms with Crippen LogP contribution < -0.4 is 5.32 Å². The lowest BCUT2D eigenvalue weighted by atomic mass is 9.93. The lowest BCUT2D eigenvalue weighted by Gasteiger charge is -2.34. The highest BCUT2D eigenvalue weighted by atomic mass is 16.5. The van der Waals surface area contributed by atoms with Crippen LogP contribution in [0.3, 0.4) is 0 Å². The molecule has 2 aliphatic heterocycles. The van der Waals surface area contributed by atoms with Crippen LogP contribution in [0, 0.1) is 25.7 Å². The number of rotatable bonds is 3. The standard InChI is InChI=1S/C20H28N2O3/c1-14-11-15(2)13-18(12-14)21-19(23)16-3-7-22(8-4-16)20(24)17-5-9-25-10-6-17/h11-13,16-17H,3-10H2,1-2H3,(H,21,23). The first kappa shape index (κ1) is 17.9. The van der Waals surface area contributed by atoms with Gasteiger partial charge in [0.1, 0.15) is 0 Å². The third kappa shape index (κ3) is 4.60. The van der Waals surface area contributed by atoms with Crippen LogP contribution in [0.1, 0.15) is 36.8 Å². The van der Waals surface area contributed by atoms with Crippen molar-refractivity contribution in [3.8, 4) is 0 Å². The molecule has 0 atom stereocenters. The van der Waals surface area contributed by atoms with Crippen LogP contribution in [0.15, 0.2) is 18.2 Å². The van der Waals surface area contributed by atoms with Gasteiger partial charge >= 0.3 is 0 Å². The normalized spacial score (nSPS) is 19.7. The molecule has 1 N–H and O–H groups in total. The van der Waals surface area contributed by atoms with Crippen LogP contribution in [0.4, 0.5) is 5.69 Å². The molecule has 136 valence electrons. The Labute approximate surface area is 149 Å². The van der Waals surface area contributed by atoms with Crippen molar-refractivity contribution in [2.24, 2.45) is 11.8 Å². The second kappa shape index (κ2) is 8.00. The number of anilines is 1. The number of likely N-dealkylation sites (tertiary alicyclic amines) is 1. The van der Waals surface area contributed by atoms with E-state index in [0.717, 1.165) is 42.5 Å². The van der Waals surface area contributed by atoms with Crippen molar-refractivity contribution in [2.45, 2.75) is 39.5 Å². The van der Waals surface area contributed by atoms with Crippen molar-refractivity contribution in [3.63, 3.8) is 0 Å². The van der Waals surface area contributed by atoms with Crippen molar-refractivity contribution >= 4 is 17.5 Å². The topological polar surface area (TPSA) is 58.6 Å². The highest BCUT2D eigenvalue weighted by Crippen LogP contribution is 2.24. The molecule has 0 aromatic heterocycles. The van der Waals surface area contributed by atoms with E-state index in [-0.39, 0.29) is 23.7 Å². The Morgan fingerprint density at radius 1 is 0.960 bits per heavy atom. The zero-order chi connectivity index (χ0) is 17.8. The van der Waals surface area contributed by atoms with E-state index in [1.54, 1.807) is 0 Å². The minimum atomic E-state index is -0.0143. The number of ether oxygens (including phenoxy) is 1. The zero-order valence-corrected chi connectivity index (χ0v) is 15.2. The first-order valence-corrected chi connectivity index (χ1v) is 9.28. The van der Waals surface area contributed by atoms with Crippen LogP contribution in [0.5, 0.6) is 0 Å². The number of nitrogens with zero attached hydrogens (tertiary/aromatic N) is 1. The van der Waals surface area contributed by atoms with Gasteiger partial charge in [-0.15, -0.1) is 0 Å². The molecule has 0 bridgehead atoms. The van der Waals surface area contributed by atoms with E-state index in [1.165, 1.54) is 0 Å². The molecule has 0 spiro atoms. The predicted molar refractivity (Wildman–Crippen MR) is 97.4 cm³/mol. The molecule has 0 radical (unpaired) electrons. The number of nitrogens with one attached hydrogen (secondary N) is 1. The Morgan fingerprint density at radius 3 is 2.16 bits per heavy atom. The first-order valence-electron chi connectivity index (χ1n) is 9.28. The van der Waals surface area contributed by atoms with E-state index >= 15 is 0 Å². The molecule has 2 fully saturated rings. The van der Waals surface area contributed by atoms with Gasteiger partial charge in [0.05, 0.1) is 0 Å². The lowest BCUT2D eigenvalue weighted by molar-refractivity contribution is -0.141. The molecule has 2 amide bonds. The first-order chi connectivity index (χ1) is 12.0. The predicted octanol–water partition coefficient (Wildman–Crippen LogP) is 2.91. The molecule has 2 heterocycles. The van der Waals surface area contributed by atoms with E-state index in [9.17, 15) is 9.59 Å². The SMILES string of the molecule is Cc1cc(C)cc(NC(=O)C2CCN(C(=O)C3CCOCC3)CC2)c1. The summed E-state index contributed by atoms with van der Waals surface area (Å²) < 4.78 is 5.34. The number of benzene rings is 1. The number of carbonyl (C=O) groups is 2. The summed E-state index contributed by atoms with van der Waals surface area (Å²) in [6.45, 7) is 6.80. The molecule has 25 heavy (non-hydrogen) atoms. The Hall–Kier alpha value is -1.88. The van der Waals surface area contributed by atoms with Gasteiger partial charge in [-0.3, -0.25) is 9.59 Å². The Bertz CT molecular complexity index is 610. The number of piperidine rings is 1. The van der Waals surface area contributed by atoms with Crippen LogP contribution in [0.2, 0.25) is 0 Å². The van der Waals surface area contributed by atoms with Crippen molar-refractivity contribution < 1.29 is 14.3 Å². The molecule has 0 aliphatic carbocycles. The molecule has 1 aromatic carbocycles. The molecule has 1 aromatic rings. The van der Waals surface area contributed by atoms with Crippen LogP contribution >= 0.6 is 0 Å². The second-order valence-corrected chi connectivity index (χ2v) is 7.35. The van der Waals surface area contributed by atoms with Gasteiger partial charge in [-0.2, -0.15) is 0 Å². The zero-order valence-electron chi connectivity index (χ0n) is 15.2. The highest BCUT2D eigenvalue weighted by Gasteiger charge is 2.31. The fraction of sp³-hybridized carbons (Fsp3) is 0.600. The number of amides is 2. The van der Waals surface area contributed by atoms with Crippen LogP contribution in [0.25, 0.3) is 0 Å². The van der Waals surface area contributed by atoms with Gasteiger partial charge < -0.3 is 15.0 Å². The Balaban J connectivity index is 1.51. The minimum absolute atomic E-state index is 0.0143. The van der Waals surface area contributed by atoms with Crippen molar-refractivity contribution in [2.75, 3.05) is 31.6 Å². The summed E-state index contributed by atoms with van der Waals surface area (Å²) in [7, 11) is 0. The molecule has 2 aliphatic rings. The van der Waals surface area contributed by atoms with Gasteiger partial charge in [0.15, 0.2) is 0 Å². The van der Waals surface area contributed by atoms with Crippen molar-refractivity contribution in [1.82, 2.24) is 4.90 Å². The number of carbonyl (C=O) groups excluding carboxylic acids is 2. The lowest BCUT2D eigenvalue weighted by Crippen LogP contribution is -2.45. The smallest absolute Gasteiger partial charge is 0.227 e. The summed E-state index contributed by atoms with van der Waals surface area (Å²) in [5, 5.41) is 3.04. The maximum atomic E-state index is 12.6. The largest absolute Gasteiger partial charge is 0.381 e. The Morgan fingerprint density at radius 2 is 1.56 bits per heavy atom. The summed E-state index contributed by atoms with van der Waals surface area (Å²) in [4.78, 5) is 27.0. The molecular formula is C20H28N2O3. The molecule has 0 unspecified atom stereocenters. The van der Waals surface area contributed by atoms with E-state index in [0.29, 0.717) is 26.3 Å². The highest BCUT2D eigenvalue weighted by molar-refractivity contribution is 5.93. The van der Waals surface area contributed by atoms with E-state index < -0.39 is 0 Å². The molecular weight excluding hydrogens is 316 g/mol. The van der Waals surface area contributed by atoms with Gasteiger partial charge in [-0.1, -0.05) is 6.07 Å². The van der Waals surface area contributed by atoms with E-state index in [2.05, 4.69) is 11.4 Å². The summed E-state index contributed by atoms with van der Waals surface area (Å²) in [6, 6.07) is 6.08. The van der Waals surface area contributed by atoms with Crippen molar-refractivity contribution in [3.05, 3.63) is 29.3 Å². The maximum absolute atomic E-state index is 12.6. The van der Waals surface area contributed by atoms with Gasteiger partial charge in [0.2, 0.25) is 11.8 Å². The maximum Gasteiger partial charge on any atom is 0.227 e. The van der Waals surface area contributed by atoms with Gasteiger partial charge in [-0.05, 0) is 62.8 Å². The molecule has 5 heteroatoms. The summed E-state index contributed by atoms with van der Waals surface area (Å²) in [5.74, 6) is 0.411. The number of aryl methyl sites for hydroxylation is 2. The van der Waals surface area contributed by atoms with E-state index in [4.69, 9.17) is 4.74 Å². The third-order valence-electron chi connectivity index (χ3n) is 5.24. The van der Waals surface area contributed by atoms with Crippen LogP contribution in [-0.4, -0.2) is 43.0 Å². The third-order valence-corrected chi connectivity index (χ3v) is 5.24. The summed E-state index contributed by atoms with van der Waals surface area (Å²) in [5.41, 5.74) is 3.16. The van der Waals surface area contributed by atoms with E-state index in [1.807, 2.05) is 30.9 Å². The van der Waals surface area contributed by atoms with Gasteiger partial charge in [0.25, 0.3) is 0 Å². The molecule has 3 rings (SSSR count). The molecule has 5 nitrogen and oxygen atoms in total. The average Bonchev–Trinajstić information content (AvgIpc) is 2.61. The fourth-order valence-corrected chi connectivity index (χ4v) is 3.86. The average molecular weight is 344 g/mol.